The van der Waals surface area contributed by atoms with Gasteiger partial charge in [0, 0.05) is 10.6 Å². The van der Waals surface area contributed by atoms with Gasteiger partial charge in [0.1, 0.15) is 5.82 Å². The van der Waals surface area contributed by atoms with E-state index in [1.165, 1.54) is 24.3 Å². The van der Waals surface area contributed by atoms with Crippen LogP contribution in [-0.2, 0) is 9.53 Å². The van der Waals surface area contributed by atoms with Crippen LogP contribution in [-0.4, -0.2) is 17.8 Å². The van der Waals surface area contributed by atoms with Gasteiger partial charge < -0.3 is 9.47 Å². The molecule has 0 bridgehead atoms. The average molecular weight is 580 g/mol. The van der Waals surface area contributed by atoms with Gasteiger partial charge in [-0.15, -0.1) is 0 Å². The summed E-state index contributed by atoms with van der Waals surface area (Å²) in [6, 6.07) is 15.2. The largest absolute Gasteiger partial charge is 0.421 e. The second-order valence-electron chi connectivity index (χ2n) is 6.56. The molecule has 0 fully saturated rings. The number of esters is 2. The molecule has 5 nitrogen and oxygen atoms in total. The van der Waals surface area contributed by atoms with Crippen molar-refractivity contribution in [2.75, 3.05) is 0 Å². The van der Waals surface area contributed by atoms with Crippen LogP contribution in [0.4, 0.5) is 4.39 Å². The number of aliphatic imine (C=N–C) groups is 1. The van der Waals surface area contributed by atoms with E-state index in [0.717, 1.165) is 0 Å². The zero-order valence-corrected chi connectivity index (χ0v) is 19.9. The molecule has 0 atom stereocenters. The first-order chi connectivity index (χ1) is 15.3. The molecule has 3 aromatic carbocycles. The summed E-state index contributed by atoms with van der Waals surface area (Å²) in [5.41, 5.74) is 1.33. The molecule has 0 radical (unpaired) electrons. The highest BCUT2D eigenvalue weighted by Gasteiger charge is 2.25. The van der Waals surface area contributed by atoms with Gasteiger partial charge in [-0.2, -0.15) is 0 Å². The molecule has 160 valence electrons. The Kier molecular flexibility index (Phi) is 6.55. The van der Waals surface area contributed by atoms with Gasteiger partial charge in [0.05, 0.1) is 14.5 Å². The van der Waals surface area contributed by atoms with E-state index in [9.17, 15) is 14.0 Å². The van der Waals surface area contributed by atoms with E-state index in [1.807, 2.05) is 0 Å². The van der Waals surface area contributed by atoms with Crippen LogP contribution in [0.2, 0.25) is 5.02 Å². The van der Waals surface area contributed by atoms with E-state index in [-0.39, 0.29) is 17.3 Å². The van der Waals surface area contributed by atoms with E-state index in [0.29, 0.717) is 30.7 Å². The Bertz CT molecular complexity index is 1280. The number of carbonyl (C=O) groups excluding carboxylic acids is 2. The number of rotatable bonds is 4. The van der Waals surface area contributed by atoms with Gasteiger partial charge in [0.25, 0.3) is 0 Å². The first-order valence-electron chi connectivity index (χ1n) is 9.05. The van der Waals surface area contributed by atoms with Gasteiger partial charge in [-0.05, 0) is 98.1 Å². The summed E-state index contributed by atoms with van der Waals surface area (Å²) >= 11 is 12.6. The molecule has 9 heteroatoms. The lowest BCUT2D eigenvalue weighted by Gasteiger charge is -2.10. The fourth-order valence-corrected chi connectivity index (χ4v) is 4.32. The highest BCUT2D eigenvalue weighted by Crippen LogP contribution is 2.36. The predicted octanol–water partition coefficient (Wildman–Crippen LogP) is 6.57. The quantitative estimate of drug-likeness (QED) is 0.199. The van der Waals surface area contributed by atoms with Crippen LogP contribution in [0.3, 0.4) is 0 Å². The third-order valence-electron chi connectivity index (χ3n) is 4.29. The summed E-state index contributed by atoms with van der Waals surface area (Å²) in [5.74, 6) is -1.39. The minimum Gasteiger partial charge on any atom is -0.421 e. The van der Waals surface area contributed by atoms with Crippen molar-refractivity contribution < 1.29 is 23.5 Å². The molecule has 1 aliphatic heterocycles. The first kappa shape index (κ1) is 22.4. The summed E-state index contributed by atoms with van der Waals surface area (Å²) < 4.78 is 25.0. The third-order valence-corrected chi connectivity index (χ3v) is 5.72. The number of hydrogen-bond acceptors (Lipinski definition) is 5. The first-order valence-corrected chi connectivity index (χ1v) is 11.0. The van der Waals surface area contributed by atoms with Gasteiger partial charge >= 0.3 is 11.9 Å². The van der Waals surface area contributed by atoms with E-state index < -0.39 is 17.8 Å². The zero-order valence-electron chi connectivity index (χ0n) is 15.9. The van der Waals surface area contributed by atoms with Crippen molar-refractivity contribution in [3.05, 3.63) is 103 Å². The molecule has 0 saturated carbocycles. The topological polar surface area (TPSA) is 65.0 Å². The number of cyclic esters (lactones) is 1. The highest BCUT2D eigenvalue weighted by molar-refractivity contribution is 9.11. The molecule has 0 aliphatic carbocycles. The molecule has 0 spiro atoms. The molecule has 1 aliphatic rings. The SMILES string of the molecule is O=C1OC(c2cccc(F)c2)=N/C1=C\c1cc(Br)c(OC(=O)c2ccc(Cl)cc2)c(Br)c1. The Morgan fingerprint density at radius 3 is 2.41 bits per heavy atom. The van der Waals surface area contributed by atoms with E-state index >= 15 is 0 Å². The van der Waals surface area contributed by atoms with Crippen molar-refractivity contribution in [2.45, 2.75) is 0 Å². The molecule has 0 aromatic heterocycles. The maximum absolute atomic E-state index is 13.4. The summed E-state index contributed by atoms with van der Waals surface area (Å²) in [4.78, 5) is 28.8. The second-order valence-corrected chi connectivity index (χ2v) is 8.70. The molecule has 0 saturated heterocycles. The lowest BCUT2D eigenvalue weighted by atomic mass is 10.2. The Labute approximate surface area is 203 Å². The number of ether oxygens (including phenoxy) is 2. The molecule has 4 rings (SSSR count). The zero-order chi connectivity index (χ0) is 22.8. The average Bonchev–Trinajstić information content (AvgIpc) is 3.11. The van der Waals surface area contributed by atoms with Crippen molar-refractivity contribution in [1.82, 2.24) is 0 Å². The number of hydrogen-bond donors (Lipinski definition) is 0. The van der Waals surface area contributed by atoms with Crippen molar-refractivity contribution in [3.63, 3.8) is 0 Å². The molecule has 32 heavy (non-hydrogen) atoms. The van der Waals surface area contributed by atoms with Crippen molar-refractivity contribution >= 4 is 67.4 Å². The fraction of sp³-hybridized carbons (Fsp3) is 0. The van der Waals surface area contributed by atoms with Crippen molar-refractivity contribution in [1.29, 1.82) is 0 Å². The van der Waals surface area contributed by atoms with Crippen LogP contribution in [0.25, 0.3) is 6.08 Å². The summed E-state index contributed by atoms with van der Waals surface area (Å²) in [7, 11) is 0. The maximum Gasteiger partial charge on any atom is 0.363 e. The fourth-order valence-electron chi connectivity index (χ4n) is 2.81. The molecule has 0 N–H and O–H groups in total. The lowest BCUT2D eigenvalue weighted by Crippen LogP contribution is -2.09. The molecule has 3 aromatic rings. The highest BCUT2D eigenvalue weighted by atomic mass is 79.9. The smallest absolute Gasteiger partial charge is 0.363 e. The van der Waals surface area contributed by atoms with Crippen LogP contribution >= 0.6 is 43.5 Å². The third kappa shape index (κ3) is 4.98. The normalized spacial score (nSPS) is 14.3. The Morgan fingerprint density at radius 1 is 1.06 bits per heavy atom. The Balaban J connectivity index is 1.59. The molecule has 1 heterocycles. The number of benzene rings is 3. The van der Waals surface area contributed by atoms with Crippen LogP contribution in [0, 0.1) is 5.82 Å². The Hall–Kier alpha value is -2.81. The van der Waals surface area contributed by atoms with Gasteiger partial charge in [0.2, 0.25) is 5.90 Å². The second kappa shape index (κ2) is 9.36. The standard InChI is InChI=1S/C23H11Br2ClFNO4/c24-17-8-12(9-18(25)20(17)31-22(29)13-4-6-15(26)7-5-13)10-19-23(30)32-21(28-19)14-2-1-3-16(27)11-14/h1-11H/b19-10-. The minimum atomic E-state index is -0.658. The molecule has 0 amide bonds. The number of nitrogens with zero attached hydrogens (tertiary/aromatic N) is 1. The van der Waals surface area contributed by atoms with Crippen LogP contribution in [0.5, 0.6) is 5.75 Å². The van der Waals surface area contributed by atoms with Crippen LogP contribution in [0.1, 0.15) is 21.5 Å². The molecular formula is C23H11Br2ClFNO4. The van der Waals surface area contributed by atoms with Gasteiger partial charge in [-0.1, -0.05) is 17.7 Å². The minimum absolute atomic E-state index is 0.0207. The summed E-state index contributed by atoms with van der Waals surface area (Å²) in [5, 5.41) is 0.509. The number of halogens is 4. The van der Waals surface area contributed by atoms with Crippen LogP contribution < -0.4 is 4.74 Å². The summed E-state index contributed by atoms with van der Waals surface area (Å²) in [6.45, 7) is 0. The van der Waals surface area contributed by atoms with Gasteiger partial charge in [-0.3, -0.25) is 0 Å². The summed E-state index contributed by atoms with van der Waals surface area (Å²) in [6.07, 6.45) is 1.51. The van der Waals surface area contributed by atoms with Crippen LogP contribution in [0.15, 0.2) is 80.3 Å². The van der Waals surface area contributed by atoms with E-state index in [4.69, 9.17) is 21.1 Å². The number of carbonyl (C=O) groups is 2. The predicted molar refractivity (Wildman–Crippen MR) is 125 cm³/mol. The van der Waals surface area contributed by atoms with E-state index in [1.54, 1.807) is 42.5 Å². The molecular weight excluding hydrogens is 569 g/mol. The van der Waals surface area contributed by atoms with Gasteiger partial charge in [-0.25, -0.2) is 19.0 Å². The molecule has 0 unspecified atom stereocenters. The van der Waals surface area contributed by atoms with Crippen molar-refractivity contribution in [2.24, 2.45) is 4.99 Å². The van der Waals surface area contributed by atoms with E-state index in [2.05, 4.69) is 36.9 Å². The lowest BCUT2D eigenvalue weighted by molar-refractivity contribution is -0.129. The monoisotopic (exact) mass is 577 g/mol. The Morgan fingerprint density at radius 2 is 1.75 bits per heavy atom. The van der Waals surface area contributed by atoms with Gasteiger partial charge in [0.15, 0.2) is 11.4 Å². The maximum atomic E-state index is 13.4. The van der Waals surface area contributed by atoms with Crippen molar-refractivity contribution in [3.8, 4) is 5.75 Å².